The lowest BCUT2D eigenvalue weighted by Crippen LogP contribution is -2.13. The van der Waals surface area contributed by atoms with Crippen LogP contribution in [0.5, 0.6) is 0 Å². The van der Waals surface area contributed by atoms with Gasteiger partial charge in [-0.05, 0) is 36.1 Å². The van der Waals surface area contributed by atoms with Gasteiger partial charge in [0, 0.05) is 5.88 Å². The highest BCUT2D eigenvalue weighted by atomic mass is 35.5. The number of carboxylic acid groups (broad SMARTS) is 1. The number of carboxylic acids is 1. The minimum absolute atomic E-state index is 0.221. The molecule has 1 atom stereocenters. The Labute approximate surface area is 97.5 Å². The molecule has 0 saturated heterocycles. The quantitative estimate of drug-likeness (QED) is 0.783. The van der Waals surface area contributed by atoms with E-state index in [4.69, 9.17) is 16.7 Å². The van der Waals surface area contributed by atoms with E-state index in [0.29, 0.717) is 24.3 Å². The first-order valence-corrected chi connectivity index (χ1v) is 5.35. The van der Waals surface area contributed by atoms with E-state index >= 15 is 0 Å². The van der Waals surface area contributed by atoms with Crippen LogP contribution in [0, 0.1) is 5.82 Å². The Morgan fingerprint density at radius 1 is 1.50 bits per heavy atom. The Kier molecular flexibility index (Phi) is 4.71. The summed E-state index contributed by atoms with van der Waals surface area (Å²) in [7, 11) is 0. The van der Waals surface area contributed by atoms with Gasteiger partial charge in [0.15, 0.2) is 6.10 Å². The van der Waals surface area contributed by atoms with Crippen molar-refractivity contribution in [3.05, 3.63) is 35.1 Å². The van der Waals surface area contributed by atoms with Crippen molar-refractivity contribution in [2.45, 2.75) is 18.9 Å². The molecular weight excluding hydrogens is 235 g/mol. The van der Waals surface area contributed by atoms with E-state index in [1.54, 1.807) is 0 Å². The van der Waals surface area contributed by atoms with Gasteiger partial charge in [0.1, 0.15) is 5.82 Å². The monoisotopic (exact) mass is 246 g/mol. The van der Waals surface area contributed by atoms with Crippen molar-refractivity contribution in [2.24, 2.45) is 0 Å². The van der Waals surface area contributed by atoms with Gasteiger partial charge in [0.05, 0.1) is 0 Å². The zero-order chi connectivity index (χ0) is 12.1. The van der Waals surface area contributed by atoms with Crippen LogP contribution >= 0.6 is 11.6 Å². The van der Waals surface area contributed by atoms with Gasteiger partial charge in [-0.15, -0.1) is 11.6 Å². The van der Waals surface area contributed by atoms with Crippen LogP contribution in [0.1, 0.15) is 23.7 Å². The fourth-order valence-corrected chi connectivity index (χ4v) is 1.58. The van der Waals surface area contributed by atoms with E-state index in [-0.39, 0.29) is 5.56 Å². The third-order valence-corrected chi connectivity index (χ3v) is 2.48. The molecule has 3 nitrogen and oxygen atoms in total. The first kappa shape index (κ1) is 12.9. The number of carbonyl (C=O) groups is 1. The molecule has 0 amide bonds. The SMILES string of the molecule is O=C(O)C(O)c1ccc(F)cc1CCCCl. The molecule has 0 spiro atoms. The van der Waals surface area contributed by atoms with Crippen molar-refractivity contribution in [3.8, 4) is 0 Å². The van der Waals surface area contributed by atoms with Gasteiger partial charge in [0.2, 0.25) is 0 Å². The summed E-state index contributed by atoms with van der Waals surface area (Å²) in [5.41, 5.74) is 0.703. The predicted octanol–water partition coefficient (Wildman–Crippen LogP) is 2.12. The lowest BCUT2D eigenvalue weighted by atomic mass is 9.99. The second-order valence-corrected chi connectivity index (χ2v) is 3.75. The topological polar surface area (TPSA) is 57.5 Å². The summed E-state index contributed by atoms with van der Waals surface area (Å²) in [6.45, 7) is 0. The lowest BCUT2D eigenvalue weighted by Gasteiger charge is -2.11. The molecule has 1 aromatic rings. The van der Waals surface area contributed by atoms with Gasteiger partial charge in [-0.1, -0.05) is 6.07 Å². The molecule has 0 aliphatic heterocycles. The minimum atomic E-state index is -1.62. The number of hydrogen-bond donors (Lipinski definition) is 2. The van der Waals surface area contributed by atoms with Crippen LogP contribution in [0.25, 0.3) is 0 Å². The van der Waals surface area contributed by atoms with Gasteiger partial charge in [0.25, 0.3) is 0 Å². The Hall–Kier alpha value is -1.13. The Bertz CT molecular complexity index is 381. The molecule has 1 unspecified atom stereocenters. The van der Waals surface area contributed by atoms with Crippen molar-refractivity contribution >= 4 is 17.6 Å². The summed E-state index contributed by atoms with van der Waals surface area (Å²) >= 11 is 5.51. The van der Waals surface area contributed by atoms with E-state index in [2.05, 4.69) is 0 Å². The van der Waals surface area contributed by atoms with Gasteiger partial charge >= 0.3 is 5.97 Å². The van der Waals surface area contributed by atoms with Gasteiger partial charge in [-0.3, -0.25) is 0 Å². The minimum Gasteiger partial charge on any atom is -0.479 e. The van der Waals surface area contributed by atoms with Gasteiger partial charge < -0.3 is 10.2 Å². The van der Waals surface area contributed by atoms with Crippen LogP contribution in [0.4, 0.5) is 4.39 Å². The first-order chi connectivity index (χ1) is 7.56. The highest BCUT2D eigenvalue weighted by Gasteiger charge is 2.19. The normalized spacial score (nSPS) is 12.4. The van der Waals surface area contributed by atoms with Crippen molar-refractivity contribution in [1.82, 2.24) is 0 Å². The molecule has 0 heterocycles. The van der Waals surface area contributed by atoms with Crippen molar-refractivity contribution in [3.63, 3.8) is 0 Å². The van der Waals surface area contributed by atoms with Gasteiger partial charge in [-0.2, -0.15) is 0 Å². The molecule has 0 aromatic heterocycles. The molecule has 0 aliphatic rings. The zero-order valence-electron chi connectivity index (χ0n) is 8.49. The molecule has 2 N–H and O–H groups in total. The van der Waals surface area contributed by atoms with Crippen molar-refractivity contribution in [2.75, 3.05) is 5.88 Å². The maximum atomic E-state index is 13.0. The van der Waals surface area contributed by atoms with Crippen LogP contribution in [0.2, 0.25) is 0 Å². The standard InChI is InChI=1S/C11H12ClFO3/c12-5-1-2-7-6-8(13)3-4-9(7)10(14)11(15)16/h3-4,6,10,14H,1-2,5H2,(H,15,16). The number of aliphatic hydroxyl groups is 1. The highest BCUT2D eigenvalue weighted by molar-refractivity contribution is 6.17. The summed E-state index contributed by atoms with van der Waals surface area (Å²) in [6.07, 6.45) is -0.573. The van der Waals surface area contributed by atoms with Crippen LogP contribution < -0.4 is 0 Å². The average molecular weight is 247 g/mol. The predicted molar refractivity (Wildman–Crippen MR) is 58.0 cm³/mol. The average Bonchev–Trinajstić information content (AvgIpc) is 2.25. The van der Waals surface area contributed by atoms with Crippen LogP contribution in [0.3, 0.4) is 0 Å². The highest BCUT2D eigenvalue weighted by Crippen LogP contribution is 2.21. The van der Waals surface area contributed by atoms with E-state index in [9.17, 15) is 14.3 Å². The maximum Gasteiger partial charge on any atom is 0.337 e. The van der Waals surface area contributed by atoms with Crippen LogP contribution in [0.15, 0.2) is 18.2 Å². The summed E-state index contributed by atoms with van der Waals surface area (Å²) in [6, 6.07) is 3.65. The number of rotatable bonds is 5. The first-order valence-electron chi connectivity index (χ1n) is 4.81. The molecule has 0 aliphatic carbocycles. The molecule has 1 aromatic carbocycles. The van der Waals surface area contributed by atoms with E-state index < -0.39 is 17.9 Å². The number of aliphatic hydroxyl groups excluding tert-OH is 1. The zero-order valence-corrected chi connectivity index (χ0v) is 9.25. The van der Waals surface area contributed by atoms with Crippen LogP contribution in [-0.2, 0) is 11.2 Å². The molecule has 0 fully saturated rings. The Balaban J connectivity index is 3.01. The van der Waals surface area contributed by atoms with E-state index in [1.165, 1.54) is 12.1 Å². The lowest BCUT2D eigenvalue weighted by molar-refractivity contribution is -0.147. The molecule has 88 valence electrons. The number of aliphatic carboxylic acids is 1. The van der Waals surface area contributed by atoms with E-state index in [1.807, 2.05) is 0 Å². The third kappa shape index (κ3) is 3.18. The molecular formula is C11H12ClFO3. The Morgan fingerprint density at radius 3 is 2.75 bits per heavy atom. The molecule has 0 bridgehead atoms. The fourth-order valence-electron chi connectivity index (χ4n) is 1.45. The number of benzene rings is 1. The summed E-state index contributed by atoms with van der Waals surface area (Å²) in [5.74, 6) is -1.40. The number of alkyl halides is 1. The third-order valence-electron chi connectivity index (χ3n) is 2.21. The largest absolute Gasteiger partial charge is 0.479 e. The Morgan fingerprint density at radius 2 is 2.19 bits per heavy atom. The van der Waals surface area contributed by atoms with Crippen molar-refractivity contribution < 1.29 is 19.4 Å². The summed E-state index contributed by atoms with van der Waals surface area (Å²) in [5, 5.41) is 18.1. The molecule has 5 heteroatoms. The molecule has 0 saturated carbocycles. The summed E-state index contributed by atoms with van der Waals surface area (Å²) < 4.78 is 13.0. The molecule has 0 radical (unpaired) electrons. The second kappa shape index (κ2) is 5.82. The van der Waals surface area contributed by atoms with Crippen molar-refractivity contribution in [1.29, 1.82) is 0 Å². The smallest absolute Gasteiger partial charge is 0.337 e. The number of aryl methyl sites for hydroxylation is 1. The van der Waals surface area contributed by atoms with Gasteiger partial charge in [-0.25, -0.2) is 9.18 Å². The fraction of sp³-hybridized carbons (Fsp3) is 0.364. The molecule has 1 rings (SSSR count). The number of hydrogen-bond acceptors (Lipinski definition) is 2. The molecule has 16 heavy (non-hydrogen) atoms. The second-order valence-electron chi connectivity index (χ2n) is 3.38. The number of halogens is 2. The van der Waals surface area contributed by atoms with E-state index in [0.717, 1.165) is 6.07 Å². The van der Waals surface area contributed by atoms with Crippen LogP contribution in [-0.4, -0.2) is 22.1 Å². The summed E-state index contributed by atoms with van der Waals surface area (Å²) in [4.78, 5) is 10.6. The maximum absolute atomic E-state index is 13.0.